The van der Waals surface area contributed by atoms with Crippen LogP contribution >= 0.6 is 0 Å². The zero-order chi connectivity index (χ0) is 19.9. The molecule has 2 fully saturated rings. The van der Waals surface area contributed by atoms with Gasteiger partial charge >= 0.3 is 0 Å². The second-order valence-corrected chi connectivity index (χ2v) is 8.65. The minimum absolute atomic E-state index is 0.0121. The van der Waals surface area contributed by atoms with Crippen molar-refractivity contribution in [2.45, 2.75) is 70.8 Å². The number of amides is 1. The molecule has 1 atom stereocenters. The molecule has 2 heterocycles. The summed E-state index contributed by atoms with van der Waals surface area (Å²) in [6.45, 7) is 3.79. The molecule has 0 radical (unpaired) electrons. The van der Waals surface area contributed by atoms with Gasteiger partial charge in [0.2, 0.25) is 11.8 Å². The minimum Gasteiger partial charge on any atom is -0.471 e. The second-order valence-electron chi connectivity index (χ2n) is 8.65. The fourth-order valence-electron chi connectivity index (χ4n) is 4.47. The summed E-state index contributed by atoms with van der Waals surface area (Å²) in [5.41, 5.74) is 0. The Balaban J connectivity index is 1.48. The molecule has 0 bridgehead atoms. The second kappa shape index (κ2) is 10.1. The third-order valence-corrected chi connectivity index (χ3v) is 6.22. The Morgan fingerprint density at radius 3 is 2.61 bits per heavy atom. The van der Waals surface area contributed by atoms with Gasteiger partial charge in [-0.15, -0.1) is 10.2 Å². The summed E-state index contributed by atoms with van der Waals surface area (Å²) in [6, 6.07) is 3.77. The molecule has 1 aromatic rings. The molecule has 28 heavy (non-hydrogen) atoms. The number of anilines is 1. The van der Waals surface area contributed by atoms with Crippen molar-refractivity contribution in [3.8, 4) is 5.88 Å². The van der Waals surface area contributed by atoms with E-state index in [1.165, 1.54) is 32.1 Å². The van der Waals surface area contributed by atoms with Crippen LogP contribution in [-0.4, -0.2) is 54.3 Å². The Morgan fingerprint density at radius 2 is 1.96 bits per heavy atom. The highest BCUT2D eigenvalue weighted by atomic mass is 16.5. The molecule has 156 valence electrons. The molecular formula is C22H36N4O2. The van der Waals surface area contributed by atoms with Crippen molar-refractivity contribution in [1.82, 2.24) is 15.1 Å². The van der Waals surface area contributed by atoms with Gasteiger partial charge in [0.05, 0.1) is 6.54 Å². The van der Waals surface area contributed by atoms with Gasteiger partial charge in [-0.1, -0.05) is 26.2 Å². The molecule has 6 heteroatoms. The lowest BCUT2D eigenvalue weighted by atomic mass is 9.79. The van der Waals surface area contributed by atoms with E-state index in [1.54, 1.807) is 0 Å². The molecule has 6 nitrogen and oxygen atoms in total. The molecule has 0 aromatic carbocycles. The van der Waals surface area contributed by atoms with Crippen molar-refractivity contribution >= 4 is 11.7 Å². The van der Waals surface area contributed by atoms with Crippen molar-refractivity contribution in [3.05, 3.63) is 12.1 Å². The largest absolute Gasteiger partial charge is 0.471 e. The van der Waals surface area contributed by atoms with Gasteiger partial charge in [-0.3, -0.25) is 4.79 Å². The Hall–Kier alpha value is -1.85. The normalized spacial score (nSPS) is 25.4. The number of rotatable bonds is 7. The lowest BCUT2D eigenvalue weighted by molar-refractivity contribution is -0.139. The van der Waals surface area contributed by atoms with E-state index in [1.807, 2.05) is 36.0 Å². The van der Waals surface area contributed by atoms with Gasteiger partial charge in [0.25, 0.3) is 0 Å². The predicted octanol–water partition coefficient (Wildman–Crippen LogP) is 3.91. The Bertz CT molecular complexity index is 611. The van der Waals surface area contributed by atoms with Gasteiger partial charge in [-0.05, 0) is 50.5 Å². The topological polar surface area (TPSA) is 58.6 Å². The monoisotopic (exact) mass is 388 g/mol. The van der Waals surface area contributed by atoms with E-state index in [4.69, 9.17) is 4.74 Å². The third kappa shape index (κ3) is 5.58. The smallest absolute Gasteiger partial charge is 0.233 e. The number of unbranched alkanes of at least 4 members (excludes halogenated alkanes) is 1. The molecule has 1 saturated heterocycles. The lowest BCUT2D eigenvalue weighted by Crippen LogP contribution is -2.47. The van der Waals surface area contributed by atoms with Crippen LogP contribution in [0.3, 0.4) is 0 Å². The van der Waals surface area contributed by atoms with Crippen LogP contribution < -0.4 is 9.64 Å². The first-order valence-electron chi connectivity index (χ1n) is 11.0. The first-order valence-corrected chi connectivity index (χ1v) is 11.0. The lowest BCUT2D eigenvalue weighted by Gasteiger charge is -2.36. The molecule has 0 spiro atoms. The van der Waals surface area contributed by atoms with E-state index in [-0.39, 0.29) is 12.0 Å². The van der Waals surface area contributed by atoms with E-state index >= 15 is 0 Å². The van der Waals surface area contributed by atoms with Crippen molar-refractivity contribution in [2.24, 2.45) is 11.8 Å². The maximum atomic E-state index is 13.0. The molecule has 1 aliphatic heterocycles. The van der Waals surface area contributed by atoms with Crippen LogP contribution in [0.25, 0.3) is 0 Å². The first kappa shape index (κ1) is 20.9. The number of nitrogens with zero attached hydrogens (tertiary/aromatic N) is 4. The summed E-state index contributed by atoms with van der Waals surface area (Å²) < 4.78 is 6.03. The molecule has 1 aliphatic carbocycles. The number of hydrogen-bond acceptors (Lipinski definition) is 5. The van der Waals surface area contributed by atoms with Crippen LogP contribution in [0.4, 0.5) is 5.82 Å². The van der Waals surface area contributed by atoms with Gasteiger partial charge in [0.15, 0.2) is 5.82 Å². The average molecular weight is 389 g/mol. The Morgan fingerprint density at radius 1 is 1.18 bits per heavy atom. The summed E-state index contributed by atoms with van der Waals surface area (Å²) in [4.78, 5) is 17.0. The highest BCUT2D eigenvalue weighted by Crippen LogP contribution is 2.33. The van der Waals surface area contributed by atoms with E-state index in [0.29, 0.717) is 18.3 Å². The highest BCUT2D eigenvalue weighted by Gasteiger charge is 2.32. The number of carbonyl (C=O) groups is 1. The van der Waals surface area contributed by atoms with Crippen LogP contribution in [0.1, 0.15) is 64.7 Å². The summed E-state index contributed by atoms with van der Waals surface area (Å²) in [5, 5.41) is 8.34. The predicted molar refractivity (Wildman–Crippen MR) is 112 cm³/mol. The van der Waals surface area contributed by atoms with E-state index in [9.17, 15) is 4.79 Å². The number of ether oxygens (including phenoxy) is 1. The van der Waals surface area contributed by atoms with Gasteiger partial charge < -0.3 is 14.5 Å². The molecule has 2 aliphatic rings. The van der Waals surface area contributed by atoms with Crippen LogP contribution in [0, 0.1) is 11.8 Å². The molecule has 1 aromatic heterocycles. The zero-order valence-electron chi connectivity index (χ0n) is 17.8. The van der Waals surface area contributed by atoms with Gasteiger partial charge in [-0.25, -0.2) is 0 Å². The maximum Gasteiger partial charge on any atom is 0.233 e. The van der Waals surface area contributed by atoms with Crippen LogP contribution in [-0.2, 0) is 4.79 Å². The van der Waals surface area contributed by atoms with Crippen molar-refractivity contribution < 1.29 is 9.53 Å². The minimum atomic E-state index is 0.0121. The summed E-state index contributed by atoms with van der Waals surface area (Å²) in [7, 11) is 3.87. The average Bonchev–Trinajstić information content (AvgIpc) is 2.72. The number of aromatic nitrogens is 2. The molecule has 1 saturated carbocycles. The number of carbonyl (C=O) groups excluding carboxylic acids is 1. The van der Waals surface area contributed by atoms with Gasteiger partial charge in [0, 0.05) is 32.6 Å². The summed E-state index contributed by atoms with van der Waals surface area (Å²) in [5.74, 6) is 2.75. The molecule has 0 N–H and O–H groups in total. The van der Waals surface area contributed by atoms with Crippen LogP contribution in [0.2, 0.25) is 0 Å². The standard InChI is InChI=1S/C22H36N4O2/c1-4-5-7-17-9-11-18(12-10-17)22(27)26-15-6-8-19(16-26)28-21-14-13-20(23-24-21)25(2)3/h13-14,17-19H,4-12,15-16H2,1-3H3. The van der Waals surface area contributed by atoms with E-state index < -0.39 is 0 Å². The molecule has 1 unspecified atom stereocenters. The molecule has 1 amide bonds. The number of likely N-dealkylation sites (tertiary alicyclic amines) is 1. The van der Waals surface area contributed by atoms with Crippen molar-refractivity contribution in [3.63, 3.8) is 0 Å². The SMILES string of the molecule is CCCCC1CCC(C(=O)N2CCCC(Oc3ccc(N(C)C)nn3)C2)CC1. The van der Waals surface area contributed by atoms with Gasteiger partial charge in [0.1, 0.15) is 6.10 Å². The fraction of sp³-hybridized carbons (Fsp3) is 0.773. The molecular weight excluding hydrogens is 352 g/mol. The van der Waals surface area contributed by atoms with E-state index in [0.717, 1.165) is 44.0 Å². The Labute approximate surface area is 169 Å². The van der Waals surface area contributed by atoms with E-state index in [2.05, 4.69) is 17.1 Å². The van der Waals surface area contributed by atoms with Crippen molar-refractivity contribution in [1.29, 1.82) is 0 Å². The summed E-state index contributed by atoms with van der Waals surface area (Å²) >= 11 is 0. The van der Waals surface area contributed by atoms with Crippen molar-refractivity contribution in [2.75, 3.05) is 32.1 Å². The number of hydrogen-bond donors (Lipinski definition) is 0. The zero-order valence-corrected chi connectivity index (χ0v) is 17.8. The quantitative estimate of drug-likeness (QED) is 0.709. The number of piperidine rings is 1. The molecule has 3 rings (SSSR count). The third-order valence-electron chi connectivity index (χ3n) is 6.22. The van der Waals surface area contributed by atoms with Crippen LogP contribution in [0.5, 0.6) is 5.88 Å². The maximum absolute atomic E-state index is 13.0. The fourth-order valence-corrected chi connectivity index (χ4v) is 4.47. The van der Waals surface area contributed by atoms with Crippen LogP contribution in [0.15, 0.2) is 12.1 Å². The van der Waals surface area contributed by atoms with Gasteiger partial charge in [-0.2, -0.15) is 0 Å². The Kier molecular flexibility index (Phi) is 7.51. The first-order chi connectivity index (χ1) is 13.6. The highest BCUT2D eigenvalue weighted by molar-refractivity contribution is 5.79. The summed E-state index contributed by atoms with van der Waals surface area (Å²) in [6.07, 6.45) is 10.5.